The van der Waals surface area contributed by atoms with Crippen LogP contribution in [0.5, 0.6) is 17.4 Å². The van der Waals surface area contributed by atoms with Crippen molar-refractivity contribution in [3.63, 3.8) is 0 Å². The fraction of sp³-hybridized carbons (Fsp3) is 0.167. The van der Waals surface area contributed by atoms with E-state index in [1.807, 2.05) is 0 Å². The maximum atomic E-state index is 14.6. The second-order valence-corrected chi connectivity index (χ2v) is 8.27. The summed E-state index contributed by atoms with van der Waals surface area (Å²) in [4.78, 5) is 16.5. The first-order valence-electron chi connectivity index (χ1n) is 10.7. The third-order valence-electron chi connectivity index (χ3n) is 5.57. The molecule has 0 unspecified atom stereocenters. The van der Waals surface area contributed by atoms with Gasteiger partial charge in [0.1, 0.15) is 29.2 Å². The number of methoxy groups -OCH3 is 1. The predicted molar refractivity (Wildman–Crippen MR) is 125 cm³/mol. The average molecular weight is 514 g/mol. The van der Waals surface area contributed by atoms with Gasteiger partial charge in [-0.1, -0.05) is 16.7 Å². The summed E-state index contributed by atoms with van der Waals surface area (Å²) in [6.45, 7) is 0.0294. The van der Waals surface area contributed by atoms with Crippen molar-refractivity contribution >= 4 is 23.5 Å². The smallest absolute Gasteiger partial charge is 0.316 e. The van der Waals surface area contributed by atoms with Crippen LogP contribution in [0, 0.1) is 11.6 Å². The quantitative estimate of drug-likeness (QED) is 0.370. The Morgan fingerprint density at radius 3 is 2.50 bits per heavy atom. The molecule has 0 aliphatic carbocycles. The van der Waals surface area contributed by atoms with Crippen molar-refractivity contribution < 1.29 is 27.5 Å². The summed E-state index contributed by atoms with van der Waals surface area (Å²) in [6, 6.07) is 11.1. The van der Waals surface area contributed by atoms with Crippen LogP contribution in [0.3, 0.4) is 0 Å². The zero-order chi connectivity index (χ0) is 25.2. The number of halogens is 3. The molecule has 1 saturated heterocycles. The van der Waals surface area contributed by atoms with Gasteiger partial charge >= 0.3 is 6.01 Å². The van der Waals surface area contributed by atoms with Crippen molar-refractivity contribution in [2.45, 2.75) is 12.0 Å². The van der Waals surface area contributed by atoms with Crippen molar-refractivity contribution in [3.05, 3.63) is 76.9 Å². The number of anilines is 1. The average Bonchev–Trinajstić information content (AvgIpc) is 3.48. The molecule has 5 rings (SSSR count). The summed E-state index contributed by atoms with van der Waals surface area (Å²) >= 11 is 5.82. The number of benzene rings is 2. The Hall–Kier alpha value is -4.25. The highest BCUT2D eigenvalue weighted by Crippen LogP contribution is 2.33. The van der Waals surface area contributed by atoms with Crippen LogP contribution in [0.25, 0.3) is 11.5 Å². The maximum Gasteiger partial charge on any atom is 0.316 e. The van der Waals surface area contributed by atoms with E-state index in [1.165, 1.54) is 13.3 Å². The van der Waals surface area contributed by atoms with E-state index in [-0.39, 0.29) is 29.8 Å². The van der Waals surface area contributed by atoms with Gasteiger partial charge in [-0.2, -0.15) is 0 Å². The number of carbonyl (C=O) groups excluding carboxylic acids is 1. The molecule has 0 saturated carbocycles. The molecular formula is C24H18ClF2N5O4. The lowest BCUT2D eigenvalue weighted by Crippen LogP contribution is -2.33. The minimum atomic E-state index is -1.03. The number of hydrogen-bond acceptors (Lipinski definition) is 8. The van der Waals surface area contributed by atoms with E-state index >= 15 is 0 Å². The molecule has 0 radical (unpaired) electrons. The topological polar surface area (TPSA) is 111 Å². The molecule has 2 aromatic heterocycles. The number of hydrogen-bond donors (Lipinski definition) is 2. The molecule has 2 aromatic carbocycles. The third-order valence-corrected chi connectivity index (χ3v) is 5.79. The maximum absolute atomic E-state index is 14.6. The molecule has 9 nitrogen and oxygen atoms in total. The Bertz CT molecular complexity index is 1380. The molecule has 12 heteroatoms. The first-order chi connectivity index (χ1) is 17.4. The second kappa shape index (κ2) is 9.78. The van der Waals surface area contributed by atoms with Crippen LogP contribution in [0.2, 0.25) is 5.02 Å². The molecule has 4 aromatic rings. The van der Waals surface area contributed by atoms with E-state index < -0.39 is 29.5 Å². The minimum Gasteiger partial charge on any atom is -0.497 e. The van der Waals surface area contributed by atoms with Crippen molar-refractivity contribution in [3.8, 4) is 28.8 Å². The zero-order valence-corrected chi connectivity index (χ0v) is 19.4. The Morgan fingerprint density at radius 2 is 1.83 bits per heavy atom. The number of rotatable bonds is 7. The van der Waals surface area contributed by atoms with Crippen LogP contribution in [-0.2, 0) is 4.79 Å². The molecule has 1 fully saturated rings. The lowest BCUT2D eigenvalue weighted by Gasteiger charge is -2.19. The van der Waals surface area contributed by atoms with E-state index in [1.54, 1.807) is 36.4 Å². The van der Waals surface area contributed by atoms with Crippen molar-refractivity contribution in [2.75, 3.05) is 19.0 Å². The third kappa shape index (κ3) is 4.78. The number of pyridine rings is 1. The number of carbonyl (C=O) groups is 1. The van der Waals surface area contributed by atoms with E-state index in [4.69, 9.17) is 25.5 Å². The number of nitrogens with one attached hydrogen (secondary N) is 2. The Labute approximate surface area is 208 Å². The Kier molecular flexibility index (Phi) is 6.38. The van der Waals surface area contributed by atoms with Gasteiger partial charge in [0, 0.05) is 48.0 Å². The zero-order valence-electron chi connectivity index (χ0n) is 18.7. The van der Waals surface area contributed by atoms with Crippen molar-refractivity contribution in [1.29, 1.82) is 0 Å². The van der Waals surface area contributed by atoms with E-state index in [0.717, 1.165) is 12.1 Å². The van der Waals surface area contributed by atoms with Crippen LogP contribution in [0.15, 0.2) is 59.1 Å². The van der Waals surface area contributed by atoms with Gasteiger partial charge < -0.3 is 24.5 Å². The van der Waals surface area contributed by atoms with Crippen LogP contribution in [0.4, 0.5) is 14.8 Å². The predicted octanol–water partition coefficient (Wildman–Crippen LogP) is 4.56. The monoisotopic (exact) mass is 513 g/mol. The second-order valence-electron chi connectivity index (χ2n) is 7.83. The summed E-state index contributed by atoms with van der Waals surface area (Å²) in [6.07, 6.45) is 1.48. The summed E-state index contributed by atoms with van der Waals surface area (Å²) in [5.41, 5.74) is 0.351. The van der Waals surface area contributed by atoms with E-state index in [9.17, 15) is 13.6 Å². The molecular weight excluding hydrogens is 496 g/mol. The summed E-state index contributed by atoms with van der Waals surface area (Å²) in [5, 5.41) is 13.8. The van der Waals surface area contributed by atoms with Gasteiger partial charge in [0.05, 0.1) is 12.1 Å². The first kappa shape index (κ1) is 23.5. The van der Waals surface area contributed by atoms with Gasteiger partial charge in [-0.25, -0.2) is 13.8 Å². The van der Waals surface area contributed by atoms with Gasteiger partial charge in [-0.3, -0.25) is 4.79 Å². The molecule has 184 valence electrons. The minimum absolute atomic E-state index is 0.0294. The fourth-order valence-corrected chi connectivity index (χ4v) is 3.94. The lowest BCUT2D eigenvalue weighted by atomic mass is 9.93. The standard InChI is InChI=1S/C24H18ClF2N5O4/c1-34-15-8-17(26)20(18(27)9-15)16-11-29-22(33)21(16)30-24-32-31-23(36-24)12-2-5-14(6-3-12)35-19-7-4-13(25)10-28-19/h2-10,16,21H,11H2,1H3,(H,29,33)(H,30,32)/t16-,21-/m0/s1. The molecule has 0 bridgehead atoms. The summed E-state index contributed by atoms with van der Waals surface area (Å²) in [5.74, 6) is -1.82. The van der Waals surface area contributed by atoms with Gasteiger partial charge in [0.2, 0.25) is 17.7 Å². The SMILES string of the molecule is COc1cc(F)c([C@@H]2CNC(=O)[C@H]2Nc2nnc(-c3ccc(Oc4ccc(Cl)cn4)cc3)o2)c(F)c1. The van der Waals surface area contributed by atoms with Gasteiger partial charge in [-0.05, 0) is 30.3 Å². The Balaban J connectivity index is 1.31. The van der Waals surface area contributed by atoms with Gasteiger partial charge in [0.15, 0.2) is 0 Å². The number of aromatic nitrogens is 3. The molecule has 3 heterocycles. The highest BCUT2D eigenvalue weighted by atomic mass is 35.5. The number of ether oxygens (including phenoxy) is 2. The fourth-order valence-electron chi connectivity index (χ4n) is 3.83. The highest BCUT2D eigenvalue weighted by molar-refractivity contribution is 6.30. The van der Waals surface area contributed by atoms with Gasteiger partial charge in [-0.15, -0.1) is 5.10 Å². The molecule has 1 aliphatic heterocycles. The molecule has 2 atom stereocenters. The van der Waals surface area contributed by atoms with Crippen LogP contribution in [-0.4, -0.2) is 40.8 Å². The molecule has 2 N–H and O–H groups in total. The van der Waals surface area contributed by atoms with E-state index in [0.29, 0.717) is 22.2 Å². The van der Waals surface area contributed by atoms with Crippen LogP contribution >= 0.6 is 11.6 Å². The van der Waals surface area contributed by atoms with Gasteiger partial charge in [0.25, 0.3) is 0 Å². The van der Waals surface area contributed by atoms with Crippen molar-refractivity contribution in [2.24, 2.45) is 0 Å². The van der Waals surface area contributed by atoms with E-state index in [2.05, 4.69) is 25.8 Å². The summed E-state index contributed by atoms with van der Waals surface area (Å²) < 4.78 is 45.5. The number of nitrogens with zero attached hydrogens (tertiary/aromatic N) is 3. The largest absolute Gasteiger partial charge is 0.497 e. The lowest BCUT2D eigenvalue weighted by molar-refractivity contribution is -0.119. The molecule has 0 spiro atoms. The summed E-state index contributed by atoms with van der Waals surface area (Å²) in [7, 11) is 1.31. The normalized spacial score (nSPS) is 17.1. The Morgan fingerprint density at radius 1 is 1.08 bits per heavy atom. The molecule has 1 amide bonds. The van der Waals surface area contributed by atoms with Crippen LogP contribution < -0.4 is 20.1 Å². The molecule has 36 heavy (non-hydrogen) atoms. The highest BCUT2D eigenvalue weighted by Gasteiger charge is 2.40. The molecule has 1 aliphatic rings. The number of amides is 1. The van der Waals surface area contributed by atoms with Crippen molar-refractivity contribution in [1.82, 2.24) is 20.5 Å². The van der Waals surface area contributed by atoms with Crippen LogP contribution in [0.1, 0.15) is 11.5 Å². The first-order valence-corrected chi connectivity index (χ1v) is 11.1.